The van der Waals surface area contributed by atoms with Gasteiger partial charge >= 0.3 is 0 Å². The van der Waals surface area contributed by atoms with Crippen molar-refractivity contribution in [2.24, 2.45) is 0 Å². The van der Waals surface area contributed by atoms with Gasteiger partial charge in [-0.15, -0.1) is 0 Å². The summed E-state index contributed by atoms with van der Waals surface area (Å²) >= 11 is 0. The zero-order valence-electron chi connectivity index (χ0n) is 14.3. The van der Waals surface area contributed by atoms with Crippen LogP contribution in [0.1, 0.15) is 33.6 Å². The third-order valence-corrected chi connectivity index (χ3v) is 4.80. The van der Waals surface area contributed by atoms with Crippen LogP contribution in [-0.4, -0.2) is 17.4 Å². The number of aromatic nitrogens is 1. The number of benzene rings is 2. The molecule has 0 radical (unpaired) electrons. The second-order valence-electron chi connectivity index (χ2n) is 6.65. The largest absolute Gasteiger partial charge is 0.308 e. The molecule has 25 heavy (non-hydrogen) atoms. The number of fused-ring (bicyclic) bond motifs is 2. The molecule has 0 spiro atoms. The summed E-state index contributed by atoms with van der Waals surface area (Å²) in [4.78, 5) is 19.5. The predicted molar refractivity (Wildman–Crippen MR) is 97.6 cm³/mol. The second-order valence-corrected chi connectivity index (χ2v) is 6.65. The van der Waals surface area contributed by atoms with Gasteiger partial charge in [0.1, 0.15) is 5.82 Å². The van der Waals surface area contributed by atoms with E-state index in [1.165, 1.54) is 23.3 Å². The van der Waals surface area contributed by atoms with E-state index in [2.05, 4.69) is 18.0 Å². The number of carbonyl (C=O) groups is 1. The maximum Gasteiger partial charge on any atom is 0.260 e. The number of hydrogen-bond donors (Lipinski definition) is 0. The van der Waals surface area contributed by atoms with Crippen molar-refractivity contribution in [2.45, 2.75) is 26.7 Å². The normalized spacial score (nSPS) is 13.8. The fraction of sp³-hybridized carbons (Fsp3) is 0.238. The molecular weight excluding hydrogens is 315 g/mol. The van der Waals surface area contributed by atoms with Gasteiger partial charge in [-0.1, -0.05) is 17.7 Å². The van der Waals surface area contributed by atoms with Crippen molar-refractivity contribution in [3.05, 3.63) is 70.7 Å². The highest BCUT2D eigenvalue weighted by Gasteiger charge is 2.25. The number of rotatable bonds is 1. The summed E-state index contributed by atoms with van der Waals surface area (Å²) in [5.74, 6) is -0.361. The fourth-order valence-electron chi connectivity index (χ4n) is 3.54. The van der Waals surface area contributed by atoms with Gasteiger partial charge in [0, 0.05) is 23.7 Å². The van der Waals surface area contributed by atoms with Gasteiger partial charge in [0.05, 0.1) is 16.8 Å². The molecule has 4 rings (SSSR count). The quantitative estimate of drug-likeness (QED) is 0.652. The van der Waals surface area contributed by atoms with Gasteiger partial charge < -0.3 is 4.90 Å². The summed E-state index contributed by atoms with van der Waals surface area (Å²) in [5.41, 5.74) is 5.19. The molecule has 2 aromatic carbocycles. The Morgan fingerprint density at radius 2 is 1.96 bits per heavy atom. The summed E-state index contributed by atoms with van der Waals surface area (Å²) in [6, 6.07) is 12.5. The summed E-state index contributed by atoms with van der Waals surface area (Å²) in [6.07, 6.45) is 1.95. The minimum absolute atomic E-state index is 0.0407. The molecule has 1 aliphatic rings. The smallest absolute Gasteiger partial charge is 0.260 e. The molecule has 0 N–H and O–H groups in total. The Kier molecular flexibility index (Phi) is 3.75. The minimum Gasteiger partial charge on any atom is -0.308 e. The number of aryl methyl sites for hydroxylation is 3. The van der Waals surface area contributed by atoms with Gasteiger partial charge in [0.25, 0.3) is 5.91 Å². The van der Waals surface area contributed by atoms with E-state index in [1.807, 2.05) is 23.1 Å². The van der Waals surface area contributed by atoms with Gasteiger partial charge in [-0.3, -0.25) is 9.78 Å². The van der Waals surface area contributed by atoms with Crippen molar-refractivity contribution >= 4 is 22.5 Å². The SMILES string of the molecule is Cc1ccc2c(c1)CCCN2C(=O)c1cc2ccc(F)cc2nc1C. The van der Waals surface area contributed by atoms with E-state index >= 15 is 0 Å². The molecule has 0 unspecified atom stereocenters. The van der Waals surface area contributed by atoms with Crippen LogP contribution in [0.25, 0.3) is 10.9 Å². The summed E-state index contributed by atoms with van der Waals surface area (Å²) in [7, 11) is 0. The molecule has 2 heterocycles. The molecule has 0 saturated carbocycles. The Bertz CT molecular complexity index is 997. The van der Waals surface area contributed by atoms with Gasteiger partial charge in [0.15, 0.2) is 0 Å². The lowest BCUT2D eigenvalue weighted by atomic mass is 9.98. The lowest BCUT2D eigenvalue weighted by Crippen LogP contribution is -2.36. The highest BCUT2D eigenvalue weighted by molar-refractivity contribution is 6.09. The zero-order valence-corrected chi connectivity index (χ0v) is 14.3. The van der Waals surface area contributed by atoms with Crippen molar-refractivity contribution in [1.82, 2.24) is 4.98 Å². The standard InChI is InChI=1S/C21H19FN2O/c1-13-5-8-20-16(10-13)4-3-9-24(20)21(25)18-11-15-6-7-17(22)12-19(15)23-14(18)2/h5-8,10-12H,3-4,9H2,1-2H3. The highest BCUT2D eigenvalue weighted by Crippen LogP contribution is 2.30. The van der Waals surface area contributed by atoms with Crippen LogP contribution in [-0.2, 0) is 6.42 Å². The third kappa shape index (κ3) is 2.78. The Labute approximate surface area is 146 Å². The van der Waals surface area contributed by atoms with Crippen LogP contribution < -0.4 is 4.90 Å². The van der Waals surface area contributed by atoms with Crippen molar-refractivity contribution < 1.29 is 9.18 Å². The Hall–Kier alpha value is -2.75. The summed E-state index contributed by atoms with van der Waals surface area (Å²) in [6.45, 7) is 4.57. The number of pyridine rings is 1. The van der Waals surface area contributed by atoms with Crippen LogP contribution in [0.2, 0.25) is 0 Å². The molecule has 0 atom stereocenters. The minimum atomic E-state index is -0.321. The van der Waals surface area contributed by atoms with Crippen molar-refractivity contribution in [2.75, 3.05) is 11.4 Å². The average Bonchev–Trinajstić information content (AvgIpc) is 2.59. The van der Waals surface area contributed by atoms with Crippen molar-refractivity contribution in [3.63, 3.8) is 0 Å². The fourth-order valence-corrected chi connectivity index (χ4v) is 3.54. The maximum atomic E-state index is 13.4. The predicted octanol–water partition coefficient (Wildman–Crippen LogP) is 4.58. The zero-order chi connectivity index (χ0) is 17.6. The lowest BCUT2D eigenvalue weighted by Gasteiger charge is -2.30. The van der Waals surface area contributed by atoms with E-state index in [0.717, 1.165) is 23.9 Å². The number of nitrogens with zero attached hydrogens (tertiary/aromatic N) is 2. The lowest BCUT2D eigenvalue weighted by molar-refractivity contribution is 0.0984. The molecule has 0 aliphatic carbocycles. The van der Waals surface area contributed by atoms with Crippen LogP contribution >= 0.6 is 0 Å². The molecular formula is C21H19FN2O. The molecule has 1 amide bonds. The van der Waals surface area contributed by atoms with E-state index in [1.54, 1.807) is 13.0 Å². The van der Waals surface area contributed by atoms with Crippen molar-refractivity contribution in [3.8, 4) is 0 Å². The van der Waals surface area contributed by atoms with E-state index < -0.39 is 0 Å². The molecule has 0 bridgehead atoms. The number of amides is 1. The van der Waals surface area contributed by atoms with Crippen LogP contribution in [0.5, 0.6) is 0 Å². The summed E-state index contributed by atoms with van der Waals surface area (Å²) < 4.78 is 13.4. The van der Waals surface area contributed by atoms with E-state index in [-0.39, 0.29) is 11.7 Å². The van der Waals surface area contributed by atoms with Gasteiger partial charge in [-0.25, -0.2) is 4.39 Å². The highest BCUT2D eigenvalue weighted by atomic mass is 19.1. The number of halogens is 1. The topological polar surface area (TPSA) is 33.2 Å². The first kappa shape index (κ1) is 15.8. The Balaban J connectivity index is 1.78. The molecule has 4 heteroatoms. The number of carbonyl (C=O) groups excluding carboxylic acids is 1. The molecule has 1 aliphatic heterocycles. The monoisotopic (exact) mass is 334 g/mol. The van der Waals surface area contributed by atoms with Crippen LogP contribution in [0.15, 0.2) is 42.5 Å². The molecule has 0 fully saturated rings. The maximum absolute atomic E-state index is 13.4. The Morgan fingerprint density at radius 1 is 1.12 bits per heavy atom. The molecule has 3 nitrogen and oxygen atoms in total. The van der Waals surface area contributed by atoms with Gasteiger partial charge in [0.2, 0.25) is 0 Å². The first-order valence-electron chi connectivity index (χ1n) is 8.51. The van der Waals surface area contributed by atoms with E-state index in [0.29, 0.717) is 23.3 Å². The molecule has 0 saturated heterocycles. The first-order valence-corrected chi connectivity index (χ1v) is 8.51. The molecule has 1 aromatic heterocycles. The third-order valence-electron chi connectivity index (χ3n) is 4.80. The number of anilines is 1. The Morgan fingerprint density at radius 3 is 2.80 bits per heavy atom. The first-order chi connectivity index (χ1) is 12.0. The second kappa shape index (κ2) is 5.96. The van der Waals surface area contributed by atoms with Crippen molar-refractivity contribution in [1.29, 1.82) is 0 Å². The van der Waals surface area contributed by atoms with E-state index in [4.69, 9.17) is 0 Å². The summed E-state index contributed by atoms with van der Waals surface area (Å²) in [5, 5.41) is 0.775. The van der Waals surface area contributed by atoms with Crippen LogP contribution in [0.3, 0.4) is 0 Å². The molecule has 3 aromatic rings. The number of hydrogen-bond acceptors (Lipinski definition) is 2. The average molecular weight is 334 g/mol. The van der Waals surface area contributed by atoms with Crippen LogP contribution in [0.4, 0.5) is 10.1 Å². The van der Waals surface area contributed by atoms with Crippen LogP contribution in [0, 0.1) is 19.7 Å². The van der Waals surface area contributed by atoms with E-state index in [9.17, 15) is 9.18 Å². The molecule has 126 valence electrons. The van der Waals surface area contributed by atoms with Gasteiger partial charge in [-0.2, -0.15) is 0 Å². The van der Waals surface area contributed by atoms with Gasteiger partial charge in [-0.05, 0) is 56.5 Å².